The van der Waals surface area contributed by atoms with E-state index in [-0.39, 0.29) is 24.2 Å². The van der Waals surface area contributed by atoms with Crippen LogP contribution >= 0.6 is 0 Å². The highest BCUT2D eigenvalue weighted by Gasteiger charge is 2.28. The second-order valence-electron chi connectivity index (χ2n) is 5.50. The fourth-order valence-corrected chi connectivity index (χ4v) is 3.26. The Labute approximate surface area is 125 Å². The molecule has 0 aliphatic heterocycles. The zero-order chi connectivity index (χ0) is 15.5. The molecule has 6 nitrogen and oxygen atoms in total. The molecule has 0 spiro atoms. The molecule has 1 aliphatic carbocycles. The lowest BCUT2D eigenvalue weighted by atomic mass is 9.98. The van der Waals surface area contributed by atoms with E-state index in [1.165, 1.54) is 12.1 Å². The zero-order valence-corrected chi connectivity index (χ0v) is 12.9. The normalized spacial score (nSPS) is 16.0. The molecule has 1 fully saturated rings. The van der Waals surface area contributed by atoms with E-state index in [4.69, 9.17) is 0 Å². The Morgan fingerprint density at radius 3 is 2.19 bits per heavy atom. The van der Waals surface area contributed by atoms with E-state index in [0.717, 1.165) is 12.8 Å². The molecule has 0 amide bonds. The first kappa shape index (κ1) is 16.2. The molecule has 0 atom stereocenters. The van der Waals surface area contributed by atoms with E-state index in [0.29, 0.717) is 12.1 Å². The van der Waals surface area contributed by atoms with E-state index in [1.807, 2.05) is 6.92 Å². The van der Waals surface area contributed by atoms with Gasteiger partial charge in [0.05, 0.1) is 23.6 Å². The number of aliphatic hydroxyl groups is 2. The summed E-state index contributed by atoms with van der Waals surface area (Å²) in [6, 6.07) is 6.38. The molecule has 0 unspecified atom stereocenters. The van der Waals surface area contributed by atoms with Crippen LogP contribution in [-0.2, 0) is 10.0 Å². The molecule has 21 heavy (non-hydrogen) atoms. The summed E-state index contributed by atoms with van der Waals surface area (Å²) in [5, 5.41) is 21.9. The van der Waals surface area contributed by atoms with Gasteiger partial charge in [0.25, 0.3) is 0 Å². The van der Waals surface area contributed by atoms with Crippen LogP contribution in [0.15, 0.2) is 29.2 Å². The Kier molecular flexibility index (Phi) is 4.88. The van der Waals surface area contributed by atoms with Gasteiger partial charge in [0, 0.05) is 11.7 Å². The van der Waals surface area contributed by atoms with Crippen LogP contribution in [0.5, 0.6) is 0 Å². The second-order valence-corrected chi connectivity index (χ2v) is 7.21. The summed E-state index contributed by atoms with van der Waals surface area (Å²) in [7, 11) is -3.45. The van der Waals surface area contributed by atoms with Crippen molar-refractivity contribution in [1.29, 1.82) is 0 Å². The first-order chi connectivity index (χ1) is 9.94. The maximum Gasteiger partial charge on any atom is 0.240 e. The predicted molar refractivity (Wildman–Crippen MR) is 80.6 cm³/mol. The molecule has 0 bridgehead atoms. The molecule has 1 aromatic carbocycles. The van der Waals surface area contributed by atoms with Gasteiger partial charge in [-0.25, -0.2) is 13.1 Å². The molecular formula is C14H22N2O4S. The highest BCUT2D eigenvalue weighted by Crippen LogP contribution is 2.24. The average Bonchev–Trinajstić information content (AvgIpc) is 3.29. The number of sulfonamides is 1. The van der Waals surface area contributed by atoms with Crippen LogP contribution < -0.4 is 10.0 Å². The minimum absolute atomic E-state index is 0.0734. The number of anilines is 1. The number of benzene rings is 1. The fourth-order valence-electron chi connectivity index (χ4n) is 1.95. The molecule has 4 N–H and O–H groups in total. The van der Waals surface area contributed by atoms with Crippen LogP contribution in [0.2, 0.25) is 0 Å². The topological polar surface area (TPSA) is 98.7 Å². The molecule has 118 valence electrons. The zero-order valence-electron chi connectivity index (χ0n) is 12.0. The van der Waals surface area contributed by atoms with Crippen molar-refractivity contribution in [2.45, 2.75) is 42.7 Å². The van der Waals surface area contributed by atoms with Crippen molar-refractivity contribution in [1.82, 2.24) is 4.72 Å². The molecular weight excluding hydrogens is 292 g/mol. The van der Waals surface area contributed by atoms with Crippen LogP contribution in [-0.4, -0.2) is 43.4 Å². The maximum absolute atomic E-state index is 12.0. The van der Waals surface area contributed by atoms with Gasteiger partial charge in [0.15, 0.2) is 0 Å². The van der Waals surface area contributed by atoms with Crippen molar-refractivity contribution in [2.75, 3.05) is 18.5 Å². The Bertz CT molecular complexity index is 555. The minimum atomic E-state index is -3.45. The summed E-state index contributed by atoms with van der Waals surface area (Å²) >= 11 is 0. The highest BCUT2D eigenvalue weighted by atomic mass is 32.2. The minimum Gasteiger partial charge on any atom is -0.394 e. The number of hydrogen-bond donors (Lipinski definition) is 4. The summed E-state index contributed by atoms with van der Waals surface area (Å²) in [5.41, 5.74) is -0.141. The monoisotopic (exact) mass is 314 g/mol. The quantitative estimate of drug-likeness (QED) is 0.565. The third kappa shape index (κ3) is 3.94. The van der Waals surface area contributed by atoms with Crippen LogP contribution in [0.3, 0.4) is 0 Å². The molecule has 1 aliphatic rings. The molecule has 0 aromatic heterocycles. The van der Waals surface area contributed by atoms with Crippen molar-refractivity contribution < 1.29 is 18.6 Å². The third-order valence-electron chi connectivity index (χ3n) is 3.76. The smallest absolute Gasteiger partial charge is 0.240 e. The summed E-state index contributed by atoms with van der Waals surface area (Å²) in [5.74, 6) is 0. The van der Waals surface area contributed by atoms with Crippen molar-refractivity contribution in [3.05, 3.63) is 24.3 Å². The lowest BCUT2D eigenvalue weighted by Crippen LogP contribution is -2.45. The largest absolute Gasteiger partial charge is 0.394 e. The van der Waals surface area contributed by atoms with Gasteiger partial charge >= 0.3 is 0 Å². The predicted octanol–water partition coefficient (Wildman–Crippen LogP) is 0.673. The lowest BCUT2D eigenvalue weighted by molar-refractivity contribution is 0.132. The molecule has 7 heteroatoms. The second kappa shape index (κ2) is 6.31. The maximum atomic E-state index is 12.0. The first-order valence-corrected chi connectivity index (χ1v) is 8.55. The van der Waals surface area contributed by atoms with Crippen LogP contribution in [0.4, 0.5) is 5.69 Å². The Balaban J connectivity index is 2.11. The number of hydrogen-bond acceptors (Lipinski definition) is 5. The van der Waals surface area contributed by atoms with E-state index in [9.17, 15) is 18.6 Å². The lowest BCUT2D eigenvalue weighted by Gasteiger charge is -2.31. The standard InChI is InChI=1S/C14H22N2O4S/c1-2-14(9-17,10-18)15-11-5-7-13(8-6-11)21(19,20)16-12-3-4-12/h5-8,12,15-18H,2-4,9-10H2,1H3. The van der Waals surface area contributed by atoms with Crippen LogP contribution in [0.25, 0.3) is 0 Å². The van der Waals surface area contributed by atoms with Gasteiger partial charge in [0.2, 0.25) is 10.0 Å². The van der Waals surface area contributed by atoms with E-state index >= 15 is 0 Å². The SMILES string of the molecule is CCC(CO)(CO)Nc1ccc(S(=O)(=O)NC2CC2)cc1. The van der Waals surface area contributed by atoms with E-state index in [2.05, 4.69) is 10.0 Å². The summed E-state index contributed by atoms with van der Waals surface area (Å²) in [6.45, 7) is 1.45. The van der Waals surface area contributed by atoms with Crippen molar-refractivity contribution in [3.63, 3.8) is 0 Å². The third-order valence-corrected chi connectivity index (χ3v) is 5.29. The van der Waals surface area contributed by atoms with Crippen molar-refractivity contribution >= 4 is 15.7 Å². The molecule has 0 radical (unpaired) electrons. The molecule has 1 aromatic rings. The highest BCUT2D eigenvalue weighted by molar-refractivity contribution is 7.89. The Morgan fingerprint density at radius 1 is 1.19 bits per heavy atom. The van der Waals surface area contributed by atoms with Gasteiger partial charge in [0.1, 0.15) is 0 Å². The van der Waals surface area contributed by atoms with Crippen LogP contribution in [0.1, 0.15) is 26.2 Å². The molecule has 1 saturated carbocycles. The Hall–Kier alpha value is -1.15. The van der Waals surface area contributed by atoms with E-state index in [1.54, 1.807) is 12.1 Å². The number of rotatable bonds is 8. The van der Waals surface area contributed by atoms with Gasteiger partial charge in [-0.05, 0) is 43.5 Å². The molecule has 0 heterocycles. The fraction of sp³-hybridized carbons (Fsp3) is 0.571. The average molecular weight is 314 g/mol. The first-order valence-electron chi connectivity index (χ1n) is 7.07. The van der Waals surface area contributed by atoms with Crippen molar-refractivity contribution in [2.24, 2.45) is 0 Å². The van der Waals surface area contributed by atoms with Gasteiger partial charge in [-0.2, -0.15) is 0 Å². The van der Waals surface area contributed by atoms with Gasteiger partial charge < -0.3 is 15.5 Å². The van der Waals surface area contributed by atoms with Gasteiger partial charge in [-0.15, -0.1) is 0 Å². The summed E-state index contributed by atoms with van der Waals surface area (Å²) < 4.78 is 26.7. The van der Waals surface area contributed by atoms with Crippen LogP contribution in [0, 0.1) is 0 Å². The van der Waals surface area contributed by atoms with Gasteiger partial charge in [-0.1, -0.05) is 6.92 Å². The molecule has 0 saturated heterocycles. The Morgan fingerprint density at radius 2 is 1.76 bits per heavy atom. The summed E-state index contributed by atoms with van der Waals surface area (Å²) in [4.78, 5) is 0.218. The van der Waals surface area contributed by atoms with E-state index < -0.39 is 15.6 Å². The number of nitrogens with one attached hydrogen (secondary N) is 2. The van der Waals surface area contributed by atoms with Crippen molar-refractivity contribution in [3.8, 4) is 0 Å². The summed E-state index contributed by atoms with van der Waals surface area (Å²) in [6.07, 6.45) is 2.33. The number of aliphatic hydroxyl groups excluding tert-OH is 2. The van der Waals surface area contributed by atoms with Gasteiger partial charge in [-0.3, -0.25) is 0 Å². The molecule has 2 rings (SSSR count).